The number of esters is 2. The molecule has 250 valence electrons. The molecule has 6 aromatic carbocycles. The predicted molar refractivity (Wildman–Crippen MR) is 187 cm³/mol. The van der Waals surface area contributed by atoms with Gasteiger partial charge in [0, 0.05) is 0 Å². The van der Waals surface area contributed by atoms with Crippen LogP contribution in [0.5, 0.6) is 11.5 Å². The lowest BCUT2D eigenvalue weighted by atomic mass is 10.1. The highest BCUT2D eigenvalue weighted by Crippen LogP contribution is 2.32. The van der Waals surface area contributed by atoms with Crippen molar-refractivity contribution in [2.24, 2.45) is 0 Å². The van der Waals surface area contributed by atoms with Gasteiger partial charge >= 0.3 is 11.9 Å². The first-order valence-electron chi connectivity index (χ1n) is 16.6. The van der Waals surface area contributed by atoms with Crippen LogP contribution in [0.1, 0.15) is 31.8 Å². The summed E-state index contributed by atoms with van der Waals surface area (Å²) in [5.41, 5.74) is 3.02. The van der Waals surface area contributed by atoms with Crippen molar-refractivity contribution < 1.29 is 38.0 Å². The standard InChI is InChI=1S/C42H34O8/c43-41(33-13-11-31-21-35(17-15-29(31)19-33)45-23-27-7-3-1-4-8-27)49-37-25-47-40-38(26-48-39(37)40)50-42(44)34-14-12-32-22-36(18-16-30(32)20-34)46-24-28-9-5-2-6-10-28/h1-22,37-40H,23-26H2/t37-,38+,39?,40?. The fourth-order valence-corrected chi connectivity index (χ4v) is 6.41. The predicted octanol–water partition coefficient (Wildman–Crippen LogP) is 7.70. The second kappa shape index (κ2) is 14.0. The number of benzene rings is 6. The molecule has 2 unspecified atom stereocenters. The van der Waals surface area contributed by atoms with Crippen LogP contribution in [0, 0.1) is 0 Å². The van der Waals surface area contributed by atoms with Crippen LogP contribution in [0.4, 0.5) is 0 Å². The van der Waals surface area contributed by atoms with Gasteiger partial charge in [-0.2, -0.15) is 0 Å². The van der Waals surface area contributed by atoms with Gasteiger partial charge in [-0.25, -0.2) is 9.59 Å². The van der Waals surface area contributed by atoms with Crippen molar-refractivity contribution in [2.75, 3.05) is 13.2 Å². The molecule has 50 heavy (non-hydrogen) atoms. The van der Waals surface area contributed by atoms with Crippen molar-refractivity contribution in [3.8, 4) is 11.5 Å². The van der Waals surface area contributed by atoms with Gasteiger partial charge in [-0.05, 0) is 81.2 Å². The molecule has 8 heteroatoms. The van der Waals surface area contributed by atoms with Crippen molar-refractivity contribution in [2.45, 2.75) is 37.6 Å². The molecule has 0 amide bonds. The van der Waals surface area contributed by atoms with Gasteiger partial charge in [-0.3, -0.25) is 0 Å². The highest BCUT2D eigenvalue weighted by atomic mass is 16.7. The molecule has 2 fully saturated rings. The third-order valence-corrected chi connectivity index (χ3v) is 9.07. The molecule has 0 N–H and O–H groups in total. The average Bonchev–Trinajstić information content (AvgIpc) is 3.76. The first-order chi connectivity index (χ1) is 24.6. The van der Waals surface area contributed by atoms with E-state index in [0.717, 1.165) is 44.2 Å². The first kappa shape index (κ1) is 31.6. The Balaban J connectivity index is 0.855. The Morgan fingerprint density at radius 1 is 0.500 bits per heavy atom. The number of ether oxygens (including phenoxy) is 6. The lowest BCUT2D eigenvalue weighted by molar-refractivity contribution is -0.0287. The fraction of sp³-hybridized carbons (Fsp3) is 0.190. The van der Waals surface area contributed by atoms with Crippen LogP contribution in [0.3, 0.4) is 0 Å². The van der Waals surface area contributed by atoms with E-state index in [1.165, 1.54) is 0 Å². The molecule has 0 aliphatic carbocycles. The Hall–Kier alpha value is -5.70. The third kappa shape index (κ3) is 6.89. The summed E-state index contributed by atoms with van der Waals surface area (Å²) in [4.78, 5) is 26.4. The van der Waals surface area contributed by atoms with E-state index >= 15 is 0 Å². The molecule has 0 spiro atoms. The molecule has 0 aromatic heterocycles. The summed E-state index contributed by atoms with van der Waals surface area (Å²) in [7, 11) is 0. The Morgan fingerprint density at radius 3 is 1.34 bits per heavy atom. The molecule has 2 heterocycles. The van der Waals surface area contributed by atoms with Crippen molar-refractivity contribution >= 4 is 33.5 Å². The maximum absolute atomic E-state index is 13.2. The van der Waals surface area contributed by atoms with Crippen LogP contribution in [-0.4, -0.2) is 49.6 Å². The van der Waals surface area contributed by atoms with Gasteiger partial charge in [0.05, 0.1) is 24.3 Å². The Bertz CT molecular complexity index is 1990. The lowest BCUT2D eigenvalue weighted by Gasteiger charge is -2.17. The Morgan fingerprint density at radius 2 is 0.900 bits per heavy atom. The summed E-state index contributed by atoms with van der Waals surface area (Å²) in [5, 5.41) is 3.68. The van der Waals surface area contributed by atoms with Crippen LogP contribution in [0.15, 0.2) is 133 Å². The Kier molecular flexibility index (Phi) is 8.86. The minimum absolute atomic E-state index is 0.148. The third-order valence-electron chi connectivity index (χ3n) is 9.07. The quantitative estimate of drug-likeness (QED) is 0.138. The van der Waals surface area contributed by atoms with Crippen LogP contribution in [0.2, 0.25) is 0 Å². The summed E-state index contributed by atoms with van der Waals surface area (Å²) < 4.78 is 35.5. The van der Waals surface area contributed by atoms with Gasteiger partial charge < -0.3 is 28.4 Å². The van der Waals surface area contributed by atoms with Crippen LogP contribution < -0.4 is 9.47 Å². The van der Waals surface area contributed by atoms with Gasteiger partial charge in [-0.1, -0.05) is 84.9 Å². The van der Waals surface area contributed by atoms with Crippen LogP contribution >= 0.6 is 0 Å². The lowest BCUT2D eigenvalue weighted by Crippen LogP contribution is -2.36. The number of hydrogen-bond acceptors (Lipinski definition) is 8. The molecule has 8 nitrogen and oxygen atoms in total. The topological polar surface area (TPSA) is 89.5 Å². The molecule has 0 saturated carbocycles. The zero-order valence-electron chi connectivity index (χ0n) is 27.1. The van der Waals surface area contributed by atoms with Gasteiger partial charge in [-0.15, -0.1) is 0 Å². The number of rotatable bonds is 10. The zero-order valence-corrected chi connectivity index (χ0v) is 27.1. The van der Waals surface area contributed by atoms with E-state index < -0.39 is 36.4 Å². The highest BCUT2D eigenvalue weighted by molar-refractivity contribution is 5.97. The van der Waals surface area contributed by atoms with E-state index in [-0.39, 0.29) is 13.2 Å². The summed E-state index contributed by atoms with van der Waals surface area (Å²) in [5.74, 6) is 0.552. The molecular weight excluding hydrogens is 632 g/mol. The molecule has 6 aromatic rings. The van der Waals surface area contributed by atoms with Gasteiger partial charge in [0.25, 0.3) is 0 Å². The molecular formula is C42H34O8. The van der Waals surface area contributed by atoms with E-state index in [1.807, 2.05) is 109 Å². The number of fused-ring (bicyclic) bond motifs is 3. The normalized spacial score (nSPS) is 19.6. The van der Waals surface area contributed by atoms with Crippen LogP contribution in [0.25, 0.3) is 21.5 Å². The number of carbonyl (C=O) groups excluding carboxylic acids is 2. The van der Waals surface area contributed by atoms with Gasteiger partial charge in [0.2, 0.25) is 0 Å². The molecule has 0 bridgehead atoms. The van der Waals surface area contributed by atoms with Gasteiger partial charge in [0.15, 0.2) is 12.2 Å². The zero-order chi connectivity index (χ0) is 33.9. The SMILES string of the molecule is O=C(O[C@H]1COC2C1OC[C@H]2OC(=O)c1ccc2cc(OCc3ccccc3)ccc2c1)c1ccc2cc(OCc3ccccc3)ccc2c1. The van der Waals surface area contributed by atoms with Crippen molar-refractivity contribution in [3.63, 3.8) is 0 Å². The summed E-state index contributed by atoms with van der Waals surface area (Å²) >= 11 is 0. The molecule has 2 aliphatic rings. The number of carbonyl (C=O) groups is 2. The maximum Gasteiger partial charge on any atom is 0.338 e. The van der Waals surface area contributed by atoms with E-state index in [2.05, 4.69) is 0 Å². The number of hydrogen-bond donors (Lipinski definition) is 0. The van der Waals surface area contributed by atoms with E-state index in [1.54, 1.807) is 24.3 Å². The molecule has 4 atom stereocenters. The van der Waals surface area contributed by atoms with E-state index in [9.17, 15) is 9.59 Å². The van der Waals surface area contributed by atoms with Crippen molar-refractivity contribution in [3.05, 3.63) is 156 Å². The Labute approximate surface area is 289 Å². The average molecular weight is 667 g/mol. The smallest absolute Gasteiger partial charge is 0.338 e. The van der Waals surface area contributed by atoms with Crippen molar-refractivity contribution in [1.82, 2.24) is 0 Å². The van der Waals surface area contributed by atoms with Crippen molar-refractivity contribution in [1.29, 1.82) is 0 Å². The van der Waals surface area contributed by atoms with Gasteiger partial charge in [0.1, 0.15) is 36.9 Å². The largest absolute Gasteiger partial charge is 0.489 e. The molecule has 0 radical (unpaired) electrons. The minimum atomic E-state index is -0.625. The van der Waals surface area contributed by atoms with E-state index in [4.69, 9.17) is 28.4 Å². The molecule has 2 saturated heterocycles. The second-order valence-electron chi connectivity index (χ2n) is 12.5. The molecule has 8 rings (SSSR count). The van der Waals surface area contributed by atoms with Crippen LogP contribution in [-0.2, 0) is 32.2 Å². The highest BCUT2D eigenvalue weighted by Gasteiger charge is 2.51. The summed E-state index contributed by atoms with van der Waals surface area (Å²) in [6.07, 6.45) is -2.32. The summed E-state index contributed by atoms with van der Waals surface area (Å²) in [6, 6.07) is 42.3. The second-order valence-corrected chi connectivity index (χ2v) is 12.5. The fourth-order valence-electron chi connectivity index (χ4n) is 6.41. The first-order valence-corrected chi connectivity index (χ1v) is 16.6. The monoisotopic (exact) mass is 666 g/mol. The minimum Gasteiger partial charge on any atom is -0.489 e. The maximum atomic E-state index is 13.2. The molecule has 2 aliphatic heterocycles. The van der Waals surface area contributed by atoms with E-state index in [0.29, 0.717) is 24.3 Å². The summed E-state index contributed by atoms with van der Waals surface area (Å²) in [6.45, 7) is 1.24.